The zero-order chi connectivity index (χ0) is 4.99. The Kier molecular flexibility index (Phi) is 3.23. The van der Waals surface area contributed by atoms with Crippen LogP contribution in [0.1, 0.15) is 12.8 Å². The van der Waals surface area contributed by atoms with Crippen molar-refractivity contribution in [3.63, 3.8) is 0 Å². The molecule has 6 heavy (non-hydrogen) atoms. The molecule has 0 saturated carbocycles. The summed E-state index contributed by atoms with van der Waals surface area (Å²) in [5, 5.41) is -0.440. The predicted molar refractivity (Wildman–Crippen MR) is 28.3 cm³/mol. The van der Waals surface area contributed by atoms with Crippen molar-refractivity contribution >= 4 is 17.3 Å². The molecule has 0 aliphatic carbocycles. The van der Waals surface area contributed by atoms with Crippen LogP contribution in [0.2, 0.25) is 0 Å². The summed E-state index contributed by atoms with van der Waals surface area (Å²) < 4.78 is 11.4. The van der Waals surface area contributed by atoms with E-state index in [2.05, 4.69) is 19.1 Å². The molecule has 0 aliphatic heterocycles. The molecular formula is C4H6FS. The Morgan fingerprint density at radius 3 is 2.33 bits per heavy atom. The lowest BCUT2D eigenvalue weighted by Crippen LogP contribution is -1.78. The van der Waals surface area contributed by atoms with Crippen LogP contribution in [-0.2, 0) is 0 Å². The van der Waals surface area contributed by atoms with Gasteiger partial charge >= 0.3 is 0 Å². The fourth-order valence-corrected chi connectivity index (χ4v) is 0.283. The van der Waals surface area contributed by atoms with Crippen LogP contribution in [0.4, 0.5) is 4.39 Å². The zero-order valence-corrected chi connectivity index (χ0v) is 4.22. The van der Waals surface area contributed by atoms with E-state index in [9.17, 15) is 4.39 Å². The van der Waals surface area contributed by atoms with Gasteiger partial charge in [0.2, 0.25) is 0 Å². The van der Waals surface area contributed by atoms with Crippen LogP contribution in [0.3, 0.4) is 0 Å². The Morgan fingerprint density at radius 1 is 1.83 bits per heavy atom. The molecule has 0 unspecified atom stereocenters. The quantitative estimate of drug-likeness (QED) is 0.382. The lowest BCUT2D eigenvalue weighted by molar-refractivity contribution is 0.786. The second-order valence-electron chi connectivity index (χ2n) is 0.959. The minimum Gasteiger partial charge on any atom is -0.199 e. The van der Waals surface area contributed by atoms with Gasteiger partial charge in [-0.05, 0) is 6.42 Å². The summed E-state index contributed by atoms with van der Waals surface area (Å²) >= 11 is 4.09. The van der Waals surface area contributed by atoms with Crippen LogP contribution >= 0.6 is 12.2 Å². The summed E-state index contributed by atoms with van der Waals surface area (Å²) in [5.74, 6) is 0. The van der Waals surface area contributed by atoms with Gasteiger partial charge in [0, 0.05) is 6.42 Å². The van der Waals surface area contributed by atoms with Crippen molar-refractivity contribution in [1.82, 2.24) is 0 Å². The molecule has 0 N–H and O–H groups in total. The van der Waals surface area contributed by atoms with Crippen molar-refractivity contribution in [2.24, 2.45) is 0 Å². The summed E-state index contributed by atoms with van der Waals surface area (Å²) in [6, 6.07) is 0. The SMILES string of the molecule is [CH2]CCC(F)=S. The molecule has 0 heterocycles. The molecular weight excluding hydrogens is 99.1 g/mol. The Balaban J connectivity index is 2.83. The first-order valence-corrected chi connectivity index (χ1v) is 2.15. The minimum absolute atomic E-state index is 0.329. The molecule has 0 fully saturated rings. The molecule has 0 spiro atoms. The summed E-state index contributed by atoms with van der Waals surface area (Å²) in [5.41, 5.74) is 0. The Morgan fingerprint density at radius 2 is 2.33 bits per heavy atom. The van der Waals surface area contributed by atoms with E-state index in [4.69, 9.17) is 0 Å². The van der Waals surface area contributed by atoms with Gasteiger partial charge in [-0.25, -0.2) is 0 Å². The largest absolute Gasteiger partial charge is 0.199 e. The van der Waals surface area contributed by atoms with E-state index in [1.54, 1.807) is 0 Å². The van der Waals surface area contributed by atoms with Crippen molar-refractivity contribution < 1.29 is 4.39 Å². The molecule has 0 atom stereocenters. The van der Waals surface area contributed by atoms with Crippen molar-refractivity contribution in [2.75, 3.05) is 0 Å². The number of hydrogen-bond donors (Lipinski definition) is 0. The number of rotatable bonds is 2. The molecule has 1 radical (unpaired) electrons. The molecule has 2 heteroatoms. The fourth-order valence-electron chi connectivity index (χ4n) is 0.139. The van der Waals surface area contributed by atoms with E-state index >= 15 is 0 Å². The van der Waals surface area contributed by atoms with Crippen molar-refractivity contribution in [3.8, 4) is 0 Å². The van der Waals surface area contributed by atoms with Gasteiger partial charge in [0.1, 0.15) is 0 Å². The molecule has 0 aromatic rings. The molecule has 0 saturated heterocycles. The Hall–Kier alpha value is 0.0200. The number of hydrogen-bond acceptors (Lipinski definition) is 1. The van der Waals surface area contributed by atoms with Crippen LogP contribution < -0.4 is 0 Å². The Labute approximate surface area is 42.4 Å². The van der Waals surface area contributed by atoms with Crippen LogP contribution in [0.5, 0.6) is 0 Å². The molecule has 0 bridgehead atoms. The highest BCUT2D eigenvalue weighted by Gasteiger charge is 1.84. The third-order valence-electron chi connectivity index (χ3n) is 0.373. The smallest absolute Gasteiger partial charge is 0.162 e. The third-order valence-corrected chi connectivity index (χ3v) is 0.577. The predicted octanol–water partition coefficient (Wildman–Crippen LogP) is 1.90. The van der Waals surface area contributed by atoms with E-state index in [0.717, 1.165) is 0 Å². The molecule has 0 aromatic heterocycles. The topological polar surface area (TPSA) is 0 Å². The van der Waals surface area contributed by atoms with E-state index in [1.807, 2.05) is 0 Å². The average Bonchev–Trinajstić information content (AvgIpc) is 1.35. The lowest BCUT2D eigenvalue weighted by atomic mass is 10.4. The highest BCUT2D eigenvalue weighted by Crippen LogP contribution is 1.90. The summed E-state index contributed by atoms with van der Waals surface area (Å²) in [6.45, 7) is 3.40. The summed E-state index contributed by atoms with van der Waals surface area (Å²) in [7, 11) is 0. The first kappa shape index (κ1) is 6.02. The number of halogens is 1. The van der Waals surface area contributed by atoms with Gasteiger partial charge in [-0.2, -0.15) is 4.39 Å². The van der Waals surface area contributed by atoms with Crippen molar-refractivity contribution in [1.29, 1.82) is 0 Å². The second kappa shape index (κ2) is 3.22. The zero-order valence-electron chi connectivity index (χ0n) is 3.41. The normalized spacial score (nSPS) is 8.33. The molecule has 0 aromatic carbocycles. The van der Waals surface area contributed by atoms with E-state index in [-0.39, 0.29) is 0 Å². The maximum absolute atomic E-state index is 11.4. The first-order valence-electron chi connectivity index (χ1n) is 1.75. The molecule has 0 rings (SSSR count). The van der Waals surface area contributed by atoms with Gasteiger partial charge < -0.3 is 0 Å². The highest BCUT2D eigenvalue weighted by molar-refractivity contribution is 7.80. The van der Waals surface area contributed by atoms with Gasteiger partial charge in [-0.3, -0.25) is 0 Å². The second-order valence-corrected chi connectivity index (χ2v) is 1.40. The maximum atomic E-state index is 11.4. The van der Waals surface area contributed by atoms with Crippen LogP contribution in [-0.4, -0.2) is 5.12 Å². The standard InChI is InChI=1S/C4H6FS/c1-2-3-4(5)6/h1-3H2. The van der Waals surface area contributed by atoms with Crippen LogP contribution in [0.25, 0.3) is 0 Å². The van der Waals surface area contributed by atoms with Gasteiger partial charge in [-0.1, -0.05) is 19.1 Å². The van der Waals surface area contributed by atoms with Gasteiger partial charge in [0.05, 0.1) is 0 Å². The van der Waals surface area contributed by atoms with Crippen LogP contribution in [0, 0.1) is 6.92 Å². The maximum Gasteiger partial charge on any atom is 0.162 e. The fraction of sp³-hybridized carbons (Fsp3) is 0.500. The molecule has 0 amide bonds. The molecule has 0 nitrogen and oxygen atoms in total. The molecule has 35 valence electrons. The van der Waals surface area contributed by atoms with Gasteiger partial charge in [0.15, 0.2) is 5.12 Å². The van der Waals surface area contributed by atoms with E-state index in [0.29, 0.717) is 12.8 Å². The first-order chi connectivity index (χ1) is 2.77. The highest BCUT2D eigenvalue weighted by atomic mass is 32.1. The molecule has 0 aliphatic rings. The van der Waals surface area contributed by atoms with Gasteiger partial charge in [0.25, 0.3) is 0 Å². The van der Waals surface area contributed by atoms with E-state index in [1.165, 1.54) is 0 Å². The van der Waals surface area contributed by atoms with E-state index < -0.39 is 5.12 Å². The van der Waals surface area contributed by atoms with Gasteiger partial charge in [-0.15, -0.1) is 0 Å². The van der Waals surface area contributed by atoms with Crippen molar-refractivity contribution in [2.45, 2.75) is 12.8 Å². The third kappa shape index (κ3) is 4.02. The van der Waals surface area contributed by atoms with Crippen molar-refractivity contribution in [3.05, 3.63) is 6.92 Å². The summed E-state index contributed by atoms with van der Waals surface area (Å²) in [6.07, 6.45) is 0.894. The van der Waals surface area contributed by atoms with Crippen LogP contribution in [0.15, 0.2) is 0 Å². The Bertz CT molecular complexity index is 51.5. The monoisotopic (exact) mass is 105 g/mol. The number of thiocarbonyl (C=S) groups is 1. The summed E-state index contributed by atoms with van der Waals surface area (Å²) in [4.78, 5) is 0. The minimum atomic E-state index is -0.440. The lowest BCUT2D eigenvalue weighted by Gasteiger charge is -1.80. The average molecular weight is 105 g/mol.